The van der Waals surface area contributed by atoms with Crippen molar-refractivity contribution in [3.05, 3.63) is 46.6 Å². The molecule has 1 aliphatic heterocycles. The Labute approximate surface area is 193 Å². The summed E-state index contributed by atoms with van der Waals surface area (Å²) < 4.78 is 22.0. The molecule has 1 amide bonds. The Balaban J connectivity index is 1.58. The number of benzene rings is 1. The van der Waals surface area contributed by atoms with Crippen LogP contribution in [0.4, 0.5) is 15.0 Å². The van der Waals surface area contributed by atoms with E-state index < -0.39 is 11.4 Å². The van der Waals surface area contributed by atoms with Crippen LogP contribution in [-0.4, -0.2) is 50.1 Å². The second kappa shape index (κ2) is 8.39. The van der Waals surface area contributed by atoms with Gasteiger partial charge in [-0.25, -0.2) is 19.2 Å². The molecule has 32 heavy (non-hydrogen) atoms. The molecule has 0 aliphatic carbocycles. The fourth-order valence-electron chi connectivity index (χ4n) is 3.55. The number of nitriles is 1. The van der Waals surface area contributed by atoms with E-state index in [9.17, 15) is 9.18 Å². The standard InChI is InChI=1S/C22H22BrFN6O2/c1-22(2,3)32-21(31)29-8-6-15(12-29)27-19-20-28-17(18(23)30(20)9-7-26-19)13-4-5-14(11-25)16(24)10-13/h4-5,7,9-10,15H,6,8,12H2,1-3H3,(H,26,27). The summed E-state index contributed by atoms with van der Waals surface area (Å²) in [5.41, 5.74) is 1.08. The number of fused-ring (bicyclic) bond motifs is 1. The van der Waals surface area contributed by atoms with E-state index >= 15 is 0 Å². The van der Waals surface area contributed by atoms with E-state index in [4.69, 9.17) is 10.00 Å². The Bertz CT molecular complexity index is 1230. The van der Waals surface area contributed by atoms with Gasteiger partial charge < -0.3 is 15.0 Å². The first-order valence-corrected chi connectivity index (χ1v) is 10.9. The number of anilines is 1. The molecule has 10 heteroatoms. The van der Waals surface area contributed by atoms with Crippen molar-refractivity contribution in [3.8, 4) is 17.3 Å². The number of hydrogen-bond donors (Lipinski definition) is 1. The first-order valence-electron chi connectivity index (χ1n) is 10.1. The van der Waals surface area contributed by atoms with Gasteiger partial charge in [0.2, 0.25) is 0 Å². The lowest BCUT2D eigenvalue weighted by Gasteiger charge is -2.24. The minimum Gasteiger partial charge on any atom is -0.444 e. The summed E-state index contributed by atoms with van der Waals surface area (Å²) in [6.07, 6.45) is 3.81. The third-order valence-electron chi connectivity index (χ3n) is 5.03. The van der Waals surface area contributed by atoms with Crippen molar-refractivity contribution in [1.29, 1.82) is 5.26 Å². The smallest absolute Gasteiger partial charge is 0.410 e. The van der Waals surface area contributed by atoms with Crippen LogP contribution in [0.1, 0.15) is 32.8 Å². The molecule has 1 unspecified atom stereocenters. The molecule has 1 aromatic carbocycles. The van der Waals surface area contributed by atoms with Crippen LogP contribution in [0.5, 0.6) is 0 Å². The number of likely N-dealkylation sites (tertiary alicyclic amines) is 1. The van der Waals surface area contributed by atoms with Gasteiger partial charge in [0.15, 0.2) is 11.5 Å². The second-order valence-electron chi connectivity index (χ2n) is 8.58. The molecule has 3 heterocycles. The number of ether oxygens (including phenoxy) is 1. The van der Waals surface area contributed by atoms with Gasteiger partial charge in [0.25, 0.3) is 0 Å². The SMILES string of the molecule is CC(C)(C)OC(=O)N1CCC(Nc2nccn3c(Br)c(-c4ccc(C#N)c(F)c4)nc23)C1. The van der Waals surface area contributed by atoms with E-state index in [0.717, 1.165) is 6.42 Å². The van der Waals surface area contributed by atoms with Crippen LogP contribution in [0.15, 0.2) is 35.2 Å². The lowest BCUT2D eigenvalue weighted by molar-refractivity contribution is 0.0293. The monoisotopic (exact) mass is 500 g/mol. The van der Waals surface area contributed by atoms with Gasteiger partial charge in [-0.1, -0.05) is 6.07 Å². The maximum atomic E-state index is 14.1. The van der Waals surface area contributed by atoms with E-state index in [1.54, 1.807) is 27.8 Å². The van der Waals surface area contributed by atoms with E-state index in [-0.39, 0.29) is 17.7 Å². The molecule has 1 aliphatic rings. The maximum absolute atomic E-state index is 14.1. The topological polar surface area (TPSA) is 95.5 Å². The quantitative estimate of drug-likeness (QED) is 0.564. The Morgan fingerprint density at radius 2 is 2.19 bits per heavy atom. The third kappa shape index (κ3) is 4.39. The van der Waals surface area contributed by atoms with E-state index in [1.165, 1.54) is 12.1 Å². The predicted molar refractivity (Wildman–Crippen MR) is 121 cm³/mol. The van der Waals surface area contributed by atoms with E-state index in [2.05, 4.69) is 31.2 Å². The summed E-state index contributed by atoms with van der Waals surface area (Å²) >= 11 is 3.54. The van der Waals surface area contributed by atoms with Gasteiger partial charge in [-0.3, -0.25) is 4.40 Å². The van der Waals surface area contributed by atoms with Gasteiger partial charge in [0, 0.05) is 37.1 Å². The summed E-state index contributed by atoms with van der Waals surface area (Å²) in [5.74, 6) is -0.0387. The van der Waals surface area contributed by atoms with Crippen molar-refractivity contribution in [2.75, 3.05) is 18.4 Å². The lowest BCUT2D eigenvalue weighted by atomic mass is 10.1. The number of nitrogens with zero attached hydrogens (tertiary/aromatic N) is 5. The highest BCUT2D eigenvalue weighted by Crippen LogP contribution is 2.32. The average molecular weight is 501 g/mol. The number of hydrogen-bond acceptors (Lipinski definition) is 6. The molecule has 0 spiro atoms. The van der Waals surface area contributed by atoms with Crippen molar-refractivity contribution in [2.45, 2.75) is 38.8 Å². The molecule has 1 fully saturated rings. The Hall–Kier alpha value is -3.19. The molecule has 0 saturated carbocycles. The van der Waals surface area contributed by atoms with Gasteiger partial charge in [-0.05, 0) is 55.3 Å². The average Bonchev–Trinajstić information content (AvgIpc) is 3.32. The van der Waals surface area contributed by atoms with Gasteiger partial charge in [-0.15, -0.1) is 0 Å². The Morgan fingerprint density at radius 3 is 2.88 bits per heavy atom. The fraction of sp³-hybridized carbons (Fsp3) is 0.364. The Morgan fingerprint density at radius 1 is 1.41 bits per heavy atom. The van der Waals surface area contributed by atoms with E-state index in [0.29, 0.717) is 40.4 Å². The molecule has 1 atom stereocenters. The first-order chi connectivity index (χ1) is 15.2. The van der Waals surface area contributed by atoms with Crippen LogP contribution in [0, 0.1) is 17.1 Å². The molecule has 8 nitrogen and oxygen atoms in total. The summed E-state index contributed by atoms with van der Waals surface area (Å²) in [5, 5.41) is 12.3. The zero-order valence-corrected chi connectivity index (χ0v) is 19.5. The highest BCUT2D eigenvalue weighted by Gasteiger charge is 2.30. The minimum atomic E-state index is -0.599. The molecule has 166 valence electrons. The first kappa shape index (κ1) is 22.0. The summed E-state index contributed by atoms with van der Waals surface area (Å²) in [4.78, 5) is 23.1. The number of imidazole rings is 1. The number of carbonyl (C=O) groups excluding carboxylic acids is 1. The molecule has 2 aromatic heterocycles. The fourth-order valence-corrected chi connectivity index (χ4v) is 4.15. The zero-order valence-electron chi connectivity index (χ0n) is 17.9. The van der Waals surface area contributed by atoms with Crippen molar-refractivity contribution >= 4 is 33.5 Å². The van der Waals surface area contributed by atoms with Crippen LogP contribution in [0.25, 0.3) is 16.9 Å². The lowest BCUT2D eigenvalue weighted by Crippen LogP contribution is -2.36. The number of amides is 1. The van der Waals surface area contributed by atoms with Crippen molar-refractivity contribution in [1.82, 2.24) is 19.3 Å². The minimum absolute atomic E-state index is 0.00694. The van der Waals surface area contributed by atoms with Crippen LogP contribution in [-0.2, 0) is 4.74 Å². The zero-order chi connectivity index (χ0) is 23.0. The molecule has 3 aromatic rings. The van der Waals surface area contributed by atoms with E-state index in [1.807, 2.05) is 26.8 Å². The van der Waals surface area contributed by atoms with Crippen LogP contribution in [0.3, 0.4) is 0 Å². The van der Waals surface area contributed by atoms with Crippen LogP contribution >= 0.6 is 15.9 Å². The maximum Gasteiger partial charge on any atom is 0.410 e. The van der Waals surface area contributed by atoms with Crippen LogP contribution < -0.4 is 5.32 Å². The summed E-state index contributed by atoms with van der Waals surface area (Å²) in [6.45, 7) is 6.61. The number of rotatable bonds is 3. The van der Waals surface area contributed by atoms with Crippen molar-refractivity contribution < 1.29 is 13.9 Å². The largest absolute Gasteiger partial charge is 0.444 e. The Kier molecular flexibility index (Phi) is 5.77. The van der Waals surface area contributed by atoms with Crippen molar-refractivity contribution in [3.63, 3.8) is 0 Å². The molecule has 1 saturated heterocycles. The molecule has 0 bridgehead atoms. The van der Waals surface area contributed by atoms with Crippen molar-refractivity contribution in [2.24, 2.45) is 0 Å². The van der Waals surface area contributed by atoms with Gasteiger partial charge >= 0.3 is 6.09 Å². The molecule has 1 N–H and O–H groups in total. The number of carbonyl (C=O) groups is 1. The number of nitrogens with one attached hydrogen (secondary N) is 1. The van der Waals surface area contributed by atoms with Crippen LogP contribution in [0.2, 0.25) is 0 Å². The summed E-state index contributed by atoms with van der Waals surface area (Å²) in [6, 6.07) is 6.20. The highest BCUT2D eigenvalue weighted by molar-refractivity contribution is 9.10. The normalized spacial score (nSPS) is 16.2. The molecule has 4 rings (SSSR count). The second-order valence-corrected chi connectivity index (χ2v) is 9.33. The van der Waals surface area contributed by atoms with Gasteiger partial charge in [0.1, 0.15) is 27.8 Å². The number of halogens is 2. The molecular formula is C22H22BrFN6O2. The summed E-state index contributed by atoms with van der Waals surface area (Å²) in [7, 11) is 0. The highest BCUT2D eigenvalue weighted by atomic mass is 79.9. The van der Waals surface area contributed by atoms with Gasteiger partial charge in [-0.2, -0.15) is 5.26 Å². The number of aromatic nitrogens is 3. The molecular weight excluding hydrogens is 479 g/mol. The predicted octanol–water partition coefficient (Wildman–Crippen LogP) is 4.59. The third-order valence-corrected chi connectivity index (χ3v) is 5.79. The molecule has 0 radical (unpaired) electrons. The van der Waals surface area contributed by atoms with Gasteiger partial charge in [0.05, 0.1) is 5.56 Å².